The van der Waals surface area contributed by atoms with Gasteiger partial charge in [0.05, 0.1) is 10.2 Å². The number of alkyl halides is 1. The quantitative estimate of drug-likeness (QED) is 0.769. The van der Waals surface area contributed by atoms with Crippen molar-refractivity contribution in [1.82, 2.24) is 0 Å². The van der Waals surface area contributed by atoms with Crippen molar-refractivity contribution in [3.05, 3.63) is 26.2 Å². The normalized spacial score (nSPS) is 12.2. The molecular formula is C10H9BrFIO3. The molecule has 1 N–H and O–H groups in total. The first kappa shape index (κ1) is 13.7. The van der Waals surface area contributed by atoms with Crippen molar-refractivity contribution in [1.29, 1.82) is 0 Å². The van der Waals surface area contributed by atoms with Crippen molar-refractivity contribution in [3.8, 4) is 5.75 Å². The fourth-order valence-electron chi connectivity index (χ4n) is 1.06. The molecule has 1 rings (SSSR count). The summed E-state index contributed by atoms with van der Waals surface area (Å²) < 4.78 is 19.0. The second-order valence-corrected chi connectivity index (χ2v) is 5.07. The van der Waals surface area contributed by atoms with Crippen LogP contribution in [0.2, 0.25) is 0 Å². The Morgan fingerprint density at radius 3 is 2.81 bits per heavy atom. The third-order valence-corrected chi connectivity index (χ3v) is 3.15. The van der Waals surface area contributed by atoms with Gasteiger partial charge in [-0.15, -0.1) is 0 Å². The Morgan fingerprint density at radius 2 is 2.31 bits per heavy atom. The van der Waals surface area contributed by atoms with Crippen LogP contribution in [0.5, 0.6) is 5.75 Å². The Balaban J connectivity index is 2.81. The van der Waals surface area contributed by atoms with E-state index in [1.54, 1.807) is 18.2 Å². The SMILES string of the molecule is O=C(O)[C@H](CCF)Oc1ccc(Br)cc1I. The third-order valence-electron chi connectivity index (χ3n) is 1.81. The Hall–Kier alpha value is -0.370. The van der Waals surface area contributed by atoms with E-state index in [4.69, 9.17) is 9.84 Å². The summed E-state index contributed by atoms with van der Waals surface area (Å²) in [6.07, 6.45) is -1.29. The minimum atomic E-state index is -1.16. The number of carboxylic acids is 1. The largest absolute Gasteiger partial charge is 0.479 e. The maximum Gasteiger partial charge on any atom is 0.344 e. The number of hydrogen-bond donors (Lipinski definition) is 1. The Bertz CT molecular complexity index is 386. The van der Waals surface area contributed by atoms with Gasteiger partial charge in [-0.25, -0.2) is 4.79 Å². The lowest BCUT2D eigenvalue weighted by molar-refractivity contribution is -0.145. The molecule has 0 unspecified atom stereocenters. The van der Waals surface area contributed by atoms with Crippen LogP contribution < -0.4 is 4.74 Å². The summed E-state index contributed by atoms with van der Waals surface area (Å²) >= 11 is 5.31. The fourth-order valence-corrected chi connectivity index (χ4v) is 2.49. The monoisotopic (exact) mass is 402 g/mol. The molecule has 0 aliphatic heterocycles. The molecule has 6 heteroatoms. The minimum Gasteiger partial charge on any atom is -0.479 e. The number of carboxylic acid groups (broad SMARTS) is 1. The zero-order valence-electron chi connectivity index (χ0n) is 8.12. The molecule has 1 atom stereocenters. The van der Waals surface area contributed by atoms with E-state index in [2.05, 4.69) is 15.9 Å². The maximum absolute atomic E-state index is 12.1. The van der Waals surface area contributed by atoms with Gasteiger partial charge in [-0.1, -0.05) is 15.9 Å². The summed E-state index contributed by atoms with van der Waals surface area (Å²) in [5, 5.41) is 8.81. The fraction of sp³-hybridized carbons (Fsp3) is 0.300. The Morgan fingerprint density at radius 1 is 1.62 bits per heavy atom. The van der Waals surface area contributed by atoms with Crippen LogP contribution >= 0.6 is 38.5 Å². The Labute approximate surface area is 114 Å². The molecule has 0 aliphatic rings. The molecule has 3 nitrogen and oxygen atoms in total. The van der Waals surface area contributed by atoms with Crippen molar-refractivity contribution in [2.45, 2.75) is 12.5 Å². The first-order valence-corrected chi connectivity index (χ1v) is 6.32. The molecule has 0 aromatic heterocycles. The van der Waals surface area contributed by atoms with E-state index in [9.17, 15) is 9.18 Å². The van der Waals surface area contributed by atoms with Gasteiger partial charge in [-0.2, -0.15) is 0 Å². The van der Waals surface area contributed by atoms with E-state index in [-0.39, 0.29) is 6.42 Å². The molecule has 0 spiro atoms. The third kappa shape index (κ3) is 3.89. The zero-order valence-corrected chi connectivity index (χ0v) is 11.9. The average molecular weight is 403 g/mol. The lowest BCUT2D eigenvalue weighted by Crippen LogP contribution is -2.27. The van der Waals surface area contributed by atoms with Crippen molar-refractivity contribution in [2.75, 3.05) is 6.67 Å². The number of aliphatic carboxylic acids is 1. The highest BCUT2D eigenvalue weighted by Gasteiger charge is 2.20. The summed E-state index contributed by atoms with van der Waals surface area (Å²) in [6, 6.07) is 5.19. The zero-order chi connectivity index (χ0) is 12.1. The van der Waals surface area contributed by atoms with Crippen molar-refractivity contribution < 1.29 is 19.0 Å². The highest BCUT2D eigenvalue weighted by molar-refractivity contribution is 14.1. The van der Waals surface area contributed by atoms with Crippen LogP contribution in [-0.2, 0) is 4.79 Å². The molecule has 0 saturated heterocycles. The molecule has 0 fully saturated rings. The molecule has 0 aliphatic carbocycles. The van der Waals surface area contributed by atoms with Gasteiger partial charge >= 0.3 is 5.97 Å². The van der Waals surface area contributed by atoms with E-state index in [1.807, 2.05) is 22.6 Å². The molecule has 16 heavy (non-hydrogen) atoms. The first-order valence-electron chi connectivity index (χ1n) is 4.45. The number of halogens is 3. The van der Waals surface area contributed by atoms with Gasteiger partial charge in [0.2, 0.25) is 0 Å². The second-order valence-electron chi connectivity index (χ2n) is 3.00. The second kappa shape index (κ2) is 6.39. The van der Waals surface area contributed by atoms with Crippen LogP contribution in [0.4, 0.5) is 4.39 Å². The van der Waals surface area contributed by atoms with E-state index < -0.39 is 18.7 Å². The lowest BCUT2D eigenvalue weighted by atomic mass is 10.2. The molecule has 0 radical (unpaired) electrons. The molecule has 1 aromatic rings. The summed E-state index contributed by atoms with van der Waals surface area (Å²) in [7, 11) is 0. The number of ether oxygens (including phenoxy) is 1. The van der Waals surface area contributed by atoms with Gasteiger partial charge in [-0.05, 0) is 40.8 Å². The van der Waals surface area contributed by atoms with Crippen LogP contribution in [-0.4, -0.2) is 23.9 Å². The predicted octanol–water partition coefficient (Wildman–Crippen LogP) is 3.25. The van der Waals surface area contributed by atoms with Crippen LogP contribution in [0.25, 0.3) is 0 Å². The van der Waals surface area contributed by atoms with Crippen molar-refractivity contribution in [3.63, 3.8) is 0 Å². The predicted molar refractivity (Wildman–Crippen MR) is 69.5 cm³/mol. The number of rotatable bonds is 5. The first-order chi connectivity index (χ1) is 7.54. The van der Waals surface area contributed by atoms with Gasteiger partial charge in [0.15, 0.2) is 6.10 Å². The molecule has 1 aromatic carbocycles. The highest BCUT2D eigenvalue weighted by Crippen LogP contribution is 2.26. The summed E-state index contributed by atoms with van der Waals surface area (Å²) in [5.41, 5.74) is 0. The Kier molecular flexibility index (Phi) is 5.47. The van der Waals surface area contributed by atoms with E-state index in [0.29, 0.717) is 5.75 Å². The topological polar surface area (TPSA) is 46.5 Å². The van der Waals surface area contributed by atoms with E-state index in [0.717, 1.165) is 8.04 Å². The highest BCUT2D eigenvalue weighted by atomic mass is 127. The lowest BCUT2D eigenvalue weighted by Gasteiger charge is -2.14. The van der Waals surface area contributed by atoms with Crippen molar-refractivity contribution >= 4 is 44.5 Å². The van der Waals surface area contributed by atoms with Gasteiger partial charge in [0, 0.05) is 10.9 Å². The molecule has 88 valence electrons. The van der Waals surface area contributed by atoms with Crippen LogP contribution in [0, 0.1) is 3.57 Å². The molecule has 0 heterocycles. The van der Waals surface area contributed by atoms with Gasteiger partial charge in [0.1, 0.15) is 5.75 Å². The van der Waals surface area contributed by atoms with Crippen LogP contribution in [0.1, 0.15) is 6.42 Å². The smallest absolute Gasteiger partial charge is 0.344 e. The number of carbonyl (C=O) groups is 1. The molecule has 0 bridgehead atoms. The van der Waals surface area contributed by atoms with Gasteiger partial charge < -0.3 is 9.84 Å². The number of benzene rings is 1. The molecular weight excluding hydrogens is 394 g/mol. The molecule has 0 saturated carbocycles. The molecule has 0 amide bonds. The van der Waals surface area contributed by atoms with Gasteiger partial charge in [-0.3, -0.25) is 4.39 Å². The minimum absolute atomic E-state index is 0.151. The van der Waals surface area contributed by atoms with E-state index >= 15 is 0 Å². The summed E-state index contributed by atoms with van der Waals surface area (Å²) in [4.78, 5) is 10.8. The standard InChI is InChI=1S/C10H9BrFIO3/c11-6-1-2-8(7(13)5-6)16-9(3-4-12)10(14)15/h1-2,5,9H,3-4H2,(H,14,15)/t9-/m0/s1. The maximum atomic E-state index is 12.1. The van der Waals surface area contributed by atoms with Crippen molar-refractivity contribution in [2.24, 2.45) is 0 Å². The number of hydrogen-bond acceptors (Lipinski definition) is 2. The van der Waals surface area contributed by atoms with Crippen LogP contribution in [0.3, 0.4) is 0 Å². The average Bonchev–Trinajstić information content (AvgIpc) is 2.20. The summed E-state index contributed by atoms with van der Waals surface area (Å²) in [5.74, 6) is -0.707. The summed E-state index contributed by atoms with van der Waals surface area (Å²) in [6.45, 7) is -0.718. The van der Waals surface area contributed by atoms with Crippen LogP contribution in [0.15, 0.2) is 22.7 Å². The van der Waals surface area contributed by atoms with E-state index in [1.165, 1.54) is 0 Å². The van der Waals surface area contributed by atoms with Gasteiger partial charge in [0.25, 0.3) is 0 Å².